The number of rotatable bonds is 0. The van der Waals surface area contributed by atoms with Crippen molar-refractivity contribution in [3.63, 3.8) is 0 Å². The van der Waals surface area contributed by atoms with Gasteiger partial charge in [0.15, 0.2) is 0 Å². The van der Waals surface area contributed by atoms with Crippen molar-refractivity contribution in [3.05, 3.63) is 0 Å². The van der Waals surface area contributed by atoms with Crippen LogP contribution in [0.25, 0.3) is 0 Å². The summed E-state index contributed by atoms with van der Waals surface area (Å²) in [7, 11) is 0. The highest BCUT2D eigenvalue weighted by Crippen LogP contribution is 2.63. The number of nitrogens with one attached hydrogen (secondary N) is 1. The topological polar surface area (TPSA) is 29.1 Å². The van der Waals surface area contributed by atoms with Gasteiger partial charge in [0.2, 0.25) is 5.91 Å². The molecule has 1 N–H and O–H groups in total. The van der Waals surface area contributed by atoms with Crippen molar-refractivity contribution in [2.75, 3.05) is 0 Å². The first-order valence-electron chi connectivity index (χ1n) is 8.82. The third kappa shape index (κ3) is 1.66. The molecule has 112 valence electrons. The van der Waals surface area contributed by atoms with Gasteiger partial charge in [0.25, 0.3) is 0 Å². The molecule has 4 aliphatic rings. The molecule has 0 radical (unpaired) electrons. The molecule has 3 saturated carbocycles. The van der Waals surface area contributed by atoms with Crippen molar-refractivity contribution in [1.82, 2.24) is 5.32 Å². The molecule has 20 heavy (non-hydrogen) atoms. The maximum Gasteiger partial charge on any atom is 0.220 e. The van der Waals surface area contributed by atoms with Gasteiger partial charge in [0.1, 0.15) is 0 Å². The minimum atomic E-state index is 0.299. The van der Waals surface area contributed by atoms with Crippen LogP contribution in [0.4, 0.5) is 0 Å². The molecular formula is C18H29NO. The Morgan fingerprint density at radius 1 is 1.00 bits per heavy atom. The van der Waals surface area contributed by atoms with Crippen molar-refractivity contribution in [1.29, 1.82) is 0 Å². The molecule has 2 heteroatoms. The fourth-order valence-corrected chi connectivity index (χ4v) is 6.70. The van der Waals surface area contributed by atoms with Gasteiger partial charge >= 0.3 is 0 Å². The Hall–Kier alpha value is -0.530. The van der Waals surface area contributed by atoms with Gasteiger partial charge in [-0.2, -0.15) is 0 Å². The largest absolute Gasteiger partial charge is 0.353 e. The molecule has 0 aromatic rings. The lowest BCUT2D eigenvalue weighted by atomic mass is 9.48. The number of hydrogen-bond acceptors (Lipinski definition) is 1. The summed E-state index contributed by atoms with van der Waals surface area (Å²) in [5, 5.41) is 3.32. The van der Waals surface area contributed by atoms with Gasteiger partial charge in [-0.1, -0.05) is 20.3 Å². The second-order valence-electron chi connectivity index (χ2n) is 8.67. The lowest BCUT2D eigenvalue weighted by Crippen LogP contribution is -2.60. The van der Waals surface area contributed by atoms with Gasteiger partial charge in [-0.05, 0) is 73.5 Å². The zero-order valence-corrected chi connectivity index (χ0v) is 13.1. The molecule has 0 bridgehead atoms. The van der Waals surface area contributed by atoms with Crippen molar-refractivity contribution in [2.45, 2.75) is 77.7 Å². The molecule has 0 aromatic carbocycles. The lowest BCUT2D eigenvalue weighted by molar-refractivity contribution is -0.135. The molecule has 4 fully saturated rings. The van der Waals surface area contributed by atoms with Gasteiger partial charge in [-0.25, -0.2) is 0 Å². The van der Waals surface area contributed by atoms with Crippen molar-refractivity contribution < 1.29 is 4.79 Å². The molecule has 0 aromatic heterocycles. The number of fused-ring (bicyclic) bond motifs is 5. The third-order valence-electron chi connectivity index (χ3n) is 7.88. The second kappa shape index (κ2) is 4.24. The fourth-order valence-electron chi connectivity index (χ4n) is 6.70. The van der Waals surface area contributed by atoms with Crippen LogP contribution in [0.1, 0.15) is 71.6 Å². The van der Waals surface area contributed by atoms with Crippen LogP contribution in [-0.2, 0) is 4.79 Å². The minimum absolute atomic E-state index is 0.299. The molecule has 2 nitrogen and oxygen atoms in total. The van der Waals surface area contributed by atoms with E-state index in [1.54, 1.807) is 0 Å². The van der Waals surface area contributed by atoms with Gasteiger partial charge in [0.05, 0.1) is 0 Å². The summed E-state index contributed by atoms with van der Waals surface area (Å²) in [4.78, 5) is 11.7. The SMILES string of the molecule is C[C@@]12CCC[C@H]1[C@@H]1CC[C@@H]3NC(=O)CC[C@]3(C)[C@H]1CC2. The first-order valence-corrected chi connectivity index (χ1v) is 8.82. The summed E-state index contributed by atoms with van der Waals surface area (Å²) in [6.07, 6.45) is 11.8. The van der Waals surface area contributed by atoms with E-state index in [2.05, 4.69) is 19.2 Å². The van der Waals surface area contributed by atoms with Crippen LogP contribution in [0, 0.1) is 28.6 Å². The Morgan fingerprint density at radius 2 is 1.85 bits per heavy atom. The molecule has 1 heterocycles. The van der Waals surface area contributed by atoms with E-state index >= 15 is 0 Å². The zero-order valence-electron chi connectivity index (χ0n) is 13.1. The van der Waals surface area contributed by atoms with Gasteiger partial charge < -0.3 is 5.32 Å². The highest BCUT2D eigenvalue weighted by atomic mass is 16.1. The Balaban J connectivity index is 1.64. The van der Waals surface area contributed by atoms with Gasteiger partial charge in [-0.15, -0.1) is 0 Å². The lowest BCUT2D eigenvalue weighted by Gasteiger charge is -2.59. The molecule has 0 spiro atoms. The standard InChI is InChI=1S/C18H29NO/c1-17-9-3-4-13(17)12-5-6-15-18(2,14(12)7-10-17)11-8-16(20)19-15/h12-15H,3-11H2,1-2H3,(H,19,20)/t12-,13-,14-,15-,17-,18+/m0/s1. The van der Waals surface area contributed by atoms with Crippen LogP contribution in [0.3, 0.4) is 0 Å². The maximum absolute atomic E-state index is 11.7. The van der Waals surface area contributed by atoms with Gasteiger partial charge in [0, 0.05) is 12.5 Å². The Labute approximate surface area is 123 Å². The van der Waals surface area contributed by atoms with E-state index in [4.69, 9.17) is 0 Å². The third-order valence-corrected chi connectivity index (χ3v) is 7.88. The molecule has 1 amide bonds. The Kier molecular flexibility index (Phi) is 2.79. The van der Waals surface area contributed by atoms with E-state index in [1.807, 2.05) is 0 Å². The Bertz CT molecular complexity index is 433. The smallest absolute Gasteiger partial charge is 0.220 e. The van der Waals surface area contributed by atoms with E-state index in [0.29, 0.717) is 22.8 Å². The predicted octanol–water partition coefficient (Wildman–Crippen LogP) is 3.90. The average Bonchev–Trinajstić information content (AvgIpc) is 2.81. The molecular weight excluding hydrogens is 246 g/mol. The van der Waals surface area contributed by atoms with Crippen LogP contribution in [-0.4, -0.2) is 11.9 Å². The number of hydrogen-bond donors (Lipinski definition) is 1. The fraction of sp³-hybridized carbons (Fsp3) is 0.944. The summed E-state index contributed by atoms with van der Waals surface area (Å²) >= 11 is 0. The van der Waals surface area contributed by atoms with E-state index in [-0.39, 0.29) is 0 Å². The van der Waals surface area contributed by atoms with Crippen LogP contribution in [0.5, 0.6) is 0 Å². The highest BCUT2D eigenvalue weighted by molar-refractivity contribution is 5.77. The van der Waals surface area contributed by atoms with E-state index in [1.165, 1.54) is 44.9 Å². The molecule has 4 rings (SSSR count). The van der Waals surface area contributed by atoms with E-state index in [0.717, 1.165) is 30.6 Å². The first kappa shape index (κ1) is 13.2. The quantitative estimate of drug-likeness (QED) is 0.714. The summed E-state index contributed by atoms with van der Waals surface area (Å²) in [5.41, 5.74) is 1.04. The van der Waals surface area contributed by atoms with Gasteiger partial charge in [-0.3, -0.25) is 4.79 Å². The number of piperidine rings is 1. The van der Waals surface area contributed by atoms with Crippen LogP contribution < -0.4 is 5.32 Å². The van der Waals surface area contributed by atoms with Crippen molar-refractivity contribution in [3.8, 4) is 0 Å². The van der Waals surface area contributed by atoms with Crippen LogP contribution >= 0.6 is 0 Å². The monoisotopic (exact) mass is 275 g/mol. The first-order chi connectivity index (χ1) is 9.53. The molecule has 3 aliphatic carbocycles. The normalized spacial score (nSPS) is 54.6. The summed E-state index contributed by atoms with van der Waals surface area (Å²) < 4.78 is 0. The molecule has 1 saturated heterocycles. The predicted molar refractivity (Wildman–Crippen MR) is 80.2 cm³/mol. The maximum atomic E-state index is 11.7. The van der Waals surface area contributed by atoms with Crippen LogP contribution in [0.15, 0.2) is 0 Å². The summed E-state index contributed by atoms with van der Waals surface area (Å²) in [5.74, 6) is 3.11. The minimum Gasteiger partial charge on any atom is -0.353 e. The van der Waals surface area contributed by atoms with E-state index < -0.39 is 0 Å². The van der Waals surface area contributed by atoms with Crippen molar-refractivity contribution in [2.24, 2.45) is 28.6 Å². The number of amides is 1. The highest BCUT2D eigenvalue weighted by Gasteiger charge is 2.57. The number of carbonyl (C=O) groups excluding carboxylic acids is 1. The van der Waals surface area contributed by atoms with E-state index in [9.17, 15) is 4.79 Å². The molecule has 6 atom stereocenters. The zero-order chi connectivity index (χ0) is 14.0. The summed E-state index contributed by atoms with van der Waals surface area (Å²) in [6.45, 7) is 5.06. The molecule has 0 unspecified atom stereocenters. The second-order valence-corrected chi connectivity index (χ2v) is 8.67. The molecule has 1 aliphatic heterocycles. The Morgan fingerprint density at radius 3 is 2.70 bits per heavy atom. The van der Waals surface area contributed by atoms with Crippen LogP contribution in [0.2, 0.25) is 0 Å². The number of carbonyl (C=O) groups is 1. The summed E-state index contributed by atoms with van der Waals surface area (Å²) in [6, 6.07) is 0.468. The average molecular weight is 275 g/mol. The van der Waals surface area contributed by atoms with Crippen molar-refractivity contribution >= 4 is 5.91 Å².